The standard InChI is InChI=1S/C32H30FN3O5S/c1-2-3-7-22-10-12-25(13-11-22)35-30-20-26(41-31(32(37)38)18-23-8-5-4-6-9-23)14-17-29(30)36-42(39,40)27-15-16-28(33)24(19-27)21-34/h4-6,8-17,19-20,31,35-36H,2-3,7,18H2,1H3,(H,37,38). The van der Waals surface area contributed by atoms with Crippen molar-refractivity contribution in [2.45, 2.75) is 43.6 Å². The Morgan fingerprint density at radius 3 is 2.38 bits per heavy atom. The summed E-state index contributed by atoms with van der Waals surface area (Å²) in [6, 6.07) is 25.8. The summed E-state index contributed by atoms with van der Waals surface area (Å²) in [7, 11) is -4.23. The zero-order valence-electron chi connectivity index (χ0n) is 22.9. The lowest BCUT2D eigenvalue weighted by Crippen LogP contribution is -2.29. The average Bonchev–Trinajstić information content (AvgIpc) is 2.98. The van der Waals surface area contributed by atoms with Gasteiger partial charge in [0, 0.05) is 18.2 Å². The molecule has 4 aromatic rings. The molecular weight excluding hydrogens is 557 g/mol. The number of sulfonamides is 1. The Kier molecular flexibility index (Phi) is 9.78. The molecule has 4 rings (SSSR count). The van der Waals surface area contributed by atoms with E-state index < -0.39 is 33.5 Å². The third kappa shape index (κ3) is 7.86. The Bertz CT molecular complexity index is 1690. The number of aryl methyl sites for hydroxylation is 1. The molecule has 10 heteroatoms. The number of aliphatic carboxylic acids is 1. The number of nitriles is 1. The first kappa shape index (κ1) is 30.1. The number of hydrogen-bond acceptors (Lipinski definition) is 6. The van der Waals surface area contributed by atoms with Crippen LogP contribution in [0.5, 0.6) is 5.75 Å². The van der Waals surface area contributed by atoms with Gasteiger partial charge in [-0.1, -0.05) is 55.8 Å². The molecule has 0 heterocycles. The highest BCUT2D eigenvalue weighted by atomic mass is 32.2. The summed E-state index contributed by atoms with van der Waals surface area (Å²) < 4.78 is 48.6. The second-order valence-corrected chi connectivity index (χ2v) is 11.3. The number of carboxylic acids is 1. The highest BCUT2D eigenvalue weighted by molar-refractivity contribution is 7.92. The molecule has 4 aromatic carbocycles. The quantitative estimate of drug-likeness (QED) is 0.160. The molecule has 0 saturated heterocycles. The van der Waals surface area contributed by atoms with Crippen LogP contribution in [0.2, 0.25) is 0 Å². The molecule has 0 bridgehead atoms. The van der Waals surface area contributed by atoms with E-state index in [4.69, 9.17) is 10.00 Å². The van der Waals surface area contributed by atoms with Gasteiger partial charge in [-0.15, -0.1) is 0 Å². The second-order valence-electron chi connectivity index (χ2n) is 9.63. The van der Waals surface area contributed by atoms with E-state index in [1.54, 1.807) is 6.07 Å². The van der Waals surface area contributed by atoms with Crippen molar-refractivity contribution in [1.82, 2.24) is 0 Å². The van der Waals surface area contributed by atoms with Gasteiger partial charge in [0.25, 0.3) is 10.0 Å². The molecule has 1 unspecified atom stereocenters. The van der Waals surface area contributed by atoms with E-state index >= 15 is 0 Å². The number of hydrogen-bond donors (Lipinski definition) is 3. The van der Waals surface area contributed by atoms with Crippen LogP contribution in [0.25, 0.3) is 0 Å². The van der Waals surface area contributed by atoms with Gasteiger partial charge in [0.1, 0.15) is 17.6 Å². The molecule has 0 spiro atoms. The Hall–Kier alpha value is -4.88. The molecule has 3 N–H and O–H groups in total. The molecule has 0 aliphatic carbocycles. The molecule has 0 amide bonds. The Morgan fingerprint density at radius 1 is 0.976 bits per heavy atom. The largest absolute Gasteiger partial charge is 0.478 e. The molecule has 0 fully saturated rings. The summed E-state index contributed by atoms with van der Waals surface area (Å²) in [4.78, 5) is 11.7. The van der Waals surface area contributed by atoms with E-state index in [2.05, 4.69) is 17.0 Å². The zero-order chi connectivity index (χ0) is 30.1. The number of unbranched alkanes of at least 4 members (excludes halogenated alkanes) is 1. The predicted molar refractivity (Wildman–Crippen MR) is 159 cm³/mol. The molecule has 0 saturated carbocycles. The highest BCUT2D eigenvalue weighted by Gasteiger charge is 2.22. The summed E-state index contributed by atoms with van der Waals surface area (Å²) in [5.41, 5.74) is 2.64. The van der Waals surface area contributed by atoms with Crippen LogP contribution < -0.4 is 14.8 Å². The monoisotopic (exact) mass is 587 g/mol. The van der Waals surface area contributed by atoms with Crippen molar-refractivity contribution in [1.29, 1.82) is 5.26 Å². The first-order chi connectivity index (χ1) is 20.2. The minimum atomic E-state index is -4.23. The van der Waals surface area contributed by atoms with Crippen LogP contribution in [0, 0.1) is 17.1 Å². The summed E-state index contributed by atoms with van der Waals surface area (Å²) in [6.07, 6.45) is 2.00. The smallest absolute Gasteiger partial charge is 0.345 e. The predicted octanol–water partition coefficient (Wildman–Crippen LogP) is 6.66. The molecule has 216 valence electrons. The summed E-state index contributed by atoms with van der Waals surface area (Å²) >= 11 is 0. The normalized spacial score (nSPS) is 11.7. The fourth-order valence-electron chi connectivity index (χ4n) is 4.21. The molecule has 42 heavy (non-hydrogen) atoms. The minimum absolute atomic E-state index is 0.123. The van der Waals surface area contributed by atoms with Crippen molar-refractivity contribution in [3.8, 4) is 11.8 Å². The maximum absolute atomic E-state index is 13.8. The Labute approximate surface area is 244 Å². The number of nitrogens with one attached hydrogen (secondary N) is 2. The van der Waals surface area contributed by atoms with Crippen LogP contribution >= 0.6 is 0 Å². The van der Waals surface area contributed by atoms with Gasteiger partial charge < -0.3 is 15.2 Å². The lowest BCUT2D eigenvalue weighted by molar-refractivity contribution is -0.145. The van der Waals surface area contributed by atoms with Gasteiger partial charge in [0.05, 0.1) is 21.8 Å². The van der Waals surface area contributed by atoms with Crippen LogP contribution in [0.15, 0.2) is 95.9 Å². The van der Waals surface area contributed by atoms with Gasteiger partial charge in [0.2, 0.25) is 0 Å². The first-order valence-electron chi connectivity index (χ1n) is 13.3. The highest BCUT2D eigenvalue weighted by Crippen LogP contribution is 2.33. The van der Waals surface area contributed by atoms with Crippen molar-refractivity contribution < 1.29 is 27.4 Å². The number of anilines is 3. The lowest BCUT2D eigenvalue weighted by atomic mass is 10.1. The van der Waals surface area contributed by atoms with Crippen LogP contribution in [-0.4, -0.2) is 25.6 Å². The van der Waals surface area contributed by atoms with Crippen LogP contribution in [-0.2, 0) is 27.7 Å². The summed E-state index contributed by atoms with van der Waals surface area (Å²) in [6.45, 7) is 2.12. The molecular formula is C32H30FN3O5S. The zero-order valence-corrected chi connectivity index (χ0v) is 23.7. The van der Waals surface area contributed by atoms with Crippen molar-refractivity contribution in [2.24, 2.45) is 0 Å². The summed E-state index contributed by atoms with van der Waals surface area (Å²) in [5, 5.41) is 22.1. The third-order valence-corrected chi connectivity index (χ3v) is 7.84. The van der Waals surface area contributed by atoms with E-state index in [1.165, 1.54) is 18.2 Å². The number of halogens is 1. The third-order valence-electron chi connectivity index (χ3n) is 6.47. The van der Waals surface area contributed by atoms with E-state index in [0.29, 0.717) is 11.4 Å². The number of rotatable bonds is 13. The maximum atomic E-state index is 13.8. The average molecular weight is 588 g/mol. The molecule has 0 aromatic heterocycles. The number of benzene rings is 4. The Morgan fingerprint density at radius 2 is 1.71 bits per heavy atom. The van der Waals surface area contributed by atoms with Gasteiger partial charge in [0.15, 0.2) is 6.10 Å². The summed E-state index contributed by atoms with van der Waals surface area (Å²) in [5.74, 6) is -1.77. The second kappa shape index (κ2) is 13.7. The van der Waals surface area contributed by atoms with Crippen molar-refractivity contribution in [3.05, 3.63) is 114 Å². The van der Waals surface area contributed by atoms with Gasteiger partial charge in [-0.25, -0.2) is 17.6 Å². The van der Waals surface area contributed by atoms with Gasteiger partial charge in [-0.2, -0.15) is 5.26 Å². The van der Waals surface area contributed by atoms with Gasteiger partial charge in [-0.05, 0) is 66.4 Å². The van der Waals surface area contributed by atoms with Crippen molar-refractivity contribution >= 4 is 33.1 Å². The molecule has 0 aliphatic rings. The molecule has 0 radical (unpaired) electrons. The fourth-order valence-corrected chi connectivity index (χ4v) is 5.32. The van der Waals surface area contributed by atoms with Gasteiger partial charge >= 0.3 is 5.97 Å². The number of carbonyl (C=O) groups is 1. The topological polar surface area (TPSA) is 129 Å². The molecule has 8 nitrogen and oxygen atoms in total. The van der Waals surface area contributed by atoms with Crippen molar-refractivity contribution in [3.63, 3.8) is 0 Å². The molecule has 0 aliphatic heterocycles. The van der Waals surface area contributed by atoms with Crippen molar-refractivity contribution in [2.75, 3.05) is 10.0 Å². The number of nitrogens with zero attached hydrogens (tertiary/aromatic N) is 1. The van der Waals surface area contributed by atoms with Crippen LogP contribution in [0.4, 0.5) is 21.5 Å². The Balaban J connectivity index is 1.66. The first-order valence-corrected chi connectivity index (χ1v) is 14.8. The van der Waals surface area contributed by atoms with Crippen LogP contribution in [0.3, 0.4) is 0 Å². The maximum Gasteiger partial charge on any atom is 0.345 e. The lowest BCUT2D eigenvalue weighted by Gasteiger charge is -2.19. The number of ether oxygens (including phenoxy) is 1. The van der Waals surface area contributed by atoms with E-state index in [9.17, 15) is 22.7 Å². The number of carboxylic acid groups (broad SMARTS) is 1. The molecule has 1 atom stereocenters. The van der Waals surface area contributed by atoms with Crippen LogP contribution in [0.1, 0.15) is 36.5 Å². The fraction of sp³-hybridized carbons (Fsp3) is 0.188. The van der Waals surface area contributed by atoms with E-state index in [-0.39, 0.29) is 22.8 Å². The van der Waals surface area contributed by atoms with Gasteiger partial charge in [-0.3, -0.25) is 4.72 Å². The SMILES string of the molecule is CCCCc1ccc(Nc2cc(OC(Cc3ccccc3)C(=O)O)ccc2NS(=O)(=O)c2ccc(F)c(C#N)c2)cc1. The van der Waals surface area contributed by atoms with E-state index in [1.807, 2.05) is 54.6 Å². The van der Waals surface area contributed by atoms with E-state index in [0.717, 1.165) is 48.6 Å². The minimum Gasteiger partial charge on any atom is -0.478 e.